The molecule has 10 nitrogen and oxygen atoms in total. The van der Waals surface area contributed by atoms with Gasteiger partial charge in [-0.1, -0.05) is 6.92 Å². The Kier molecular flexibility index (Phi) is 5.20. The van der Waals surface area contributed by atoms with E-state index in [0.717, 1.165) is 0 Å². The molecular weight excluding hydrogens is 445 g/mol. The summed E-state index contributed by atoms with van der Waals surface area (Å²) in [4.78, 5) is 33.5. The third-order valence-corrected chi connectivity index (χ3v) is 6.29. The van der Waals surface area contributed by atoms with Gasteiger partial charge in [-0.25, -0.2) is 19.2 Å². The maximum atomic E-state index is 15.4. The lowest BCUT2D eigenvalue weighted by molar-refractivity contribution is -0.118. The van der Waals surface area contributed by atoms with E-state index in [2.05, 4.69) is 15.3 Å². The van der Waals surface area contributed by atoms with Crippen LogP contribution >= 0.6 is 0 Å². The third kappa shape index (κ3) is 3.45. The maximum Gasteiger partial charge on any atom is 0.413 e. The number of fused-ring (bicyclic) bond motifs is 2. The SMILES string of the molecule is Cc1c(-c2cc3cc(N(C(=O)O)[C@@H]4COC[C@@H]4C)ncc3c(N)c2F)cnc2c1NC(=O)CO2. The summed E-state index contributed by atoms with van der Waals surface area (Å²) in [5, 5.41) is 13.4. The molecule has 0 spiro atoms. The molecule has 0 radical (unpaired) electrons. The van der Waals surface area contributed by atoms with Gasteiger partial charge in [0, 0.05) is 34.8 Å². The van der Waals surface area contributed by atoms with E-state index in [1.54, 1.807) is 19.1 Å². The maximum absolute atomic E-state index is 15.4. The van der Waals surface area contributed by atoms with Crippen LogP contribution < -0.4 is 20.7 Å². The molecule has 0 aliphatic carbocycles. The van der Waals surface area contributed by atoms with Crippen molar-refractivity contribution in [3.63, 3.8) is 0 Å². The van der Waals surface area contributed by atoms with Gasteiger partial charge in [0.05, 0.1) is 24.9 Å². The Balaban J connectivity index is 1.65. The number of carboxylic acid groups (broad SMARTS) is 1. The largest absolute Gasteiger partial charge is 0.466 e. The van der Waals surface area contributed by atoms with Gasteiger partial charge in [0.25, 0.3) is 5.91 Å². The van der Waals surface area contributed by atoms with Gasteiger partial charge in [-0.15, -0.1) is 0 Å². The number of benzene rings is 1. The summed E-state index contributed by atoms with van der Waals surface area (Å²) in [7, 11) is 0. The molecule has 4 N–H and O–H groups in total. The Morgan fingerprint density at radius 2 is 2.06 bits per heavy atom. The Morgan fingerprint density at radius 1 is 1.26 bits per heavy atom. The van der Waals surface area contributed by atoms with E-state index in [1.807, 2.05) is 6.92 Å². The molecule has 0 saturated carbocycles. The van der Waals surface area contributed by atoms with Gasteiger partial charge < -0.3 is 25.6 Å². The number of nitrogens with zero attached hydrogens (tertiary/aromatic N) is 3. The zero-order chi connectivity index (χ0) is 24.1. The van der Waals surface area contributed by atoms with Crippen molar-refractivity contribution < 1.29 is 28.6 Å². The first kappa shape index (κ1) is 21.8. The van der Waals surface area contributed by atoms with E-state index in [9.17, 15) is 14.7 Å². The molecular formula is C23H22FN5O5. The standard InChI is InChI=1S/C23H22FN5O5/c1-10-7-33-8-16(10)29(23(31)32)17-4-12-3-13(19(24)20(25)15(12)6-26-17)14-5-27-22-21(11(14)2)28-18(30)9-34-22/h3-6,10,16H,7-9,25H2,1-2H3,(H,28,30)(H,31,32)/t10-,16+/m0/s1. The molecule has 0 bridgehead atoms. The van der Waals surface area contributed by atoms with E-state index in [4.69, 9.17) is 15.2 Å². The molecule has 2 aliphatic rings. The van der Waals surface area contributed by atoms with Crippen molar-refractivity contribution >= 4 is 40.0 Å². The van der Waals surface area contributed by atoms with Crippen molar-refractivity contribution in [1.82, 2.24) is 9.97 Å². The summed E-state index contributed by atoms with van der Waals surface area (Å²) in [5.41, 5.74) is 7.51. The van der Waals surface area contributed by atoms with E-state index in [-0.39, 0.29) is 48.0 Å². The fourth-order valence-electron chi connectivity index (χ4n) is 4.42. The van der Waals surface area contributed by atoms with E-state index in [1.165, 1.54) is 17.3 Å². The quantitative estimate of drug-likeness (QED) is 0.499. The van der Waals surface area contributed by atoms with E-state index < -0.39 is 18.0 Å². The molecule has 11 heteroatoms. The molecule has 0 unspecified atom stereocenters. The smallest absolute Gasteiger partial charge is 0.413 e. The average molecular weight is 467 g/mol. The predicted molar refractivity (Wildman–Crippen MR) is 122 cm³/mol. The normalized spacial score (nSPS) is 19.4. The van der Waals surface area contributed by atoms with Gasteiger partial charge in [0.2, 0.25) is 5.88 Å². The first-order valence-corrected chi connectivity index (χ1v) is 10.7. The van der Waals surface area contributed by atoms with E-state index in [0.29, 0.717) is 34.2 Å². The van der Waals surface area contributed by atoms with Crippen LogP contribution in [-0.2, 0) is 9.53 Å². The summed E-state index contributed by atoms with van der Waals surface area (Å²) in [6, 6.07) is 2.75. The second kappa shape index (κ2) is 8.10. The number of carbonyl (C=O) groups is 2. The number of anilines is 3. The van der Waals surface area contributed by atoms with Crippen molar-refractivity contribution in [2.75, 3.05) is 35.8 Å². The van der Waals surface area contributed by atoms with E-state index >= 15 is 4.39 Å². The number of nitrogens with one attached hydrogen (secondary N) is 1. The summed E-state index contributed by atoms with van der Waals surface area (Å²) in [6.07, 6.45) is 1.67. The number of aromatic nitrogens is 2. The summed E-state index contributed by atoms with van der Waals surface area (Å²) < 4.78 is 26.1. The Hall–Kier alpha value is -3.99. The van der Waals surface area contributed by atoms with Crippen molar-refractivity contribution in [2.45, 2.75) is 19.9 Å². The lowest BCUT2D eigenvalue weighted by Gasteiger charge is -2.27. The average Bonchev–Trinajstić information content (AvgIpc) is 3.22. The van der Waals surface area contributed by atoms with Gasteiger partial charge in [-0.05, 0) is 30.0 Å². The summed E-state index contributed by atoms with van der Waals surface area (Å²) in [5.74, 6) is -0.554. The van der Waals surface area contributed by atoms with Crippen LogP contribution in [-0.4, -0.2) is 52.9 Å². The Morgan fingerprint density at radius 3 is 2.76 bits per heavy atom. The van der Waals surface area contributed by atoms with Gasteiger partial charge in [0.15, 0.2) is 12.4 Å². The highest BCUT2D eigenvalue weighted by molar-refractivity contribution is 6.01. The predicted octanol–water partition coefficient (Wildman–Crippen LogP) is 3.18. The molecule has 2 amide bonds. The number of pyridine rings is 2. The molecule has 176 valence electrons. The molecule has 5 rings (SSSR count). The van der Waals surface area contributed by atoms with Crippen LogP contribution in [0.15, 0.2) is 24.5 Å². The zero-order valence-corrected chi connectivity index (χ0v) is 18.5. The highest BCUT2D eigenvalue weighted by atomic mass is 19.1. The number of hydrogen-bond donors (Lipinski definition) is 3. The number of nitrogens with two attached hydrogens (primary N) is 1. The highest BCUT2D eigenvalue weighted by Gasteiger charge is 2.35. The van der Waals surface area contributed by atoms with Crippen LogP contribution in [0.1, 0.15) is 12.5 Å². The minimum absolute atomic E-state index is 0.0101. The molecule has 1 aromatic carbocycles. The second-order valence-electron chi connectivity index (χ2n) is 8.46. The zero-order valence-electron chi connectivity index (χ0n) is 18.5. The second-order valence-corrected chi connectivity index (χ2v) is 8.46. The lowest BCUT2D eigenvalue weighted by Crippen LogP contribution is -2.43. The lowest BCUT2D eigenvalue weighted by atomic mass is 9.97. The van der Waals surface area contributed by atoms with Crippen LogP contribution in [0.5, 0.6) is 5.88 Å². The van der Waals surface area contributed by atoms with Gasteiger partial charge in [0.1, 0.15) is 11.5 Å². The van der Waals surface area contributed by atoms with Crippen LogP contribution in [0.25, 0.3) is 21.9 Å². The topological polar surface area (TPSA) is 140 Å². The van der Waals surface area contributed by atoms with Crippen molar-refractivity contribution in [3.8, 4) is 17.0 Å². The van der Waals surface area contributed by atoms with Crippen LogP contribution in [0.4, 0.5) is 26.4 Å². The molecule has 34 heavy (non-hydrogen) atoms. The van der Waals surface area contributed by atoms with Crippen molar-refractivity contribution in [2.24, 2.45) is 5.92 Å². The summed E-state index contributed by atoms with van der Waals surface area (Å²) in [6.45, 7) is 4.20. The molecule has 2 aliphatic heterocycles. The first-order chi connectivity index (χ1) is 16.3. The van der Waals surface area contributed by atoms with Gasteiger partial charge >= 0.3 is 6.09 Å². The van der Waals surface area contributed by atoms with Gasteiger partial charge in [-0.3, -0.25) is 9.69 Å². The Bertz CT molecular complexity index is 1350. The molecule has 4 heterocycles. The van der Waals surface area contributed by atoms with Crippen LogP contribution in [0.3, 0.4) is 0 Å². The molecule has 1 fully saturated rings. The van der Waals surface area contributed by atoms with Gasteiger partial charge in [-0.2, -0.15) is 0 Å². The van der Waals surface area contributed by atoms with Crippen LogP contribution in [0.2, 0.25) is 0 Å². The molecule has 2 aromatic heterocycles. The minimum atomic E-state index is -1.16. The summed E-state index contributed by atoms with van der Waals surface area (Å²) >= 11 is 0. The third-order valence-electron chi connectivity index (χ3n) is 6.29. The molecule has 3 aromatic rings. The minimum Gasteiger partial charge on any atom is -0.466 e. The first-order valence-electron chi connectivity index (χ1n) is 10.7. The number of rotatable bonds is 3. The molecule has 1 saturated heterocycles. The number of halogens is 1. The number of amides is 2. The molecule has 2 atom stereocenters. The van der Waals surface area contributed by atoms with Crippen LogP contribution in [0, 0.1) is 18.7 Å². The highest BCUT2D eigenvalue weighted by Crippen LogP contribution is 2.40. The number of ether oxygens (including phenoxy) is 2. The number of nitrogen functional groups attached to an aromatic ring is 1. The fraction of sp³-hybridized carbons (Fsp3) is 0.304. The van der Waals surface area contributed by atoms with Crippen molar-refractivity contribution in [1.29, 1.82) is 0 Å². The van der Waals surface area contributed by atoms with Crippen molar-refractivity contribution in [3.05, 3.63) is 35.9 Å². The number of carbonyl (C=O) groups excluding carboxylic acids is 1. The number of hydrogen-bond acceptors (Lipinski definition) is 7. The fourth-order valence-corrected chi connectivity index (χ4v) is 4.42. The Labute approximate surface area is 193 Å². The monoisotopic (exact) mass is 467 g/mol.